The fourth-order valence-corrected chi connectivity index (χ4v) is 1.66. The number of hydrogen-bond donors (Lipinski definition) is 1. The molecule has 1 N–H and O–H groups in total. The quantitative estimate of drug-likeness (QED) is 0.842. The molecule has 0 aliphatic rings. The first kappa shape index (κ1) is 13.9. The maximum absolute atomic E-state index is 13.4. The number of aromatic nitrogens is 2. The van der Waals surface area contributed by atoms with E-state index in [1.165, 1.54) is 6.08 Å². The van der Waals surface area contributed by atoms with Gasteiger partial charge in [0, 0.05) is 24.6 Å². The normalized spacial score (nSPS) is 11.4. The predicted molar refractivity (Wildman–Crippen MR) is 79.5 cm³/mol. The molecule has 1 heterocycles. The van der Waals surface area contributed by atoms with Crippen molar-refractivity contribution in [2.24, 2.45) is 0 Å². The van der Waals surface area contributed by atoms with Crippen molar-refractivity contribution in [2.75, 3.05) is 0 Å². The average Bonchev–Trinajstić information content (AvgIpc) is 2.44. The maximum atomic E-state index is 13.4. The number of benzene rings is 1. The van der Waals surface area contributed by atoms with Gasteiger partial charge in [-0.1, -0.05) is 19.2 Å². The van der Waals surface area contributed by atoms with Crippen LogP contribution in [0.1, 0.15) is 12.5 Å². The van der Waals surface area contributed by atoms with Gasteiger partial charge in [0.1, 0.15) is 5.83 Å². The highest BCUT2D eigenvalue weighted by molar-refractivity contribution is 5.74. The van der Waals surface area contributed by atoms with Crippen LogP contribution in [0.4, 0.5) is 4.39 Å². The second kappa shape index (κ2) is 6.10. The summed E-state index contributed by atoms with van der Waals surface area (Å²) in [5.41, 5.74) is 3.60. The van der Waals surface area contributed by atoms with E-state index in [1.807, 2.05) is 18.2 Å². The number of rotatable bonds is 5. The molecule has 0 radical (unpaired) electrons. The van der Waals surface area contributed by atoms with Crippen molar-refractivity contribution >= 4 is 11.0 Å². The zero-order valence-corrected chi connectivity index (χ0v) is 11.4. The molecular weight excluding hydrogens is 253 g/mol. The highest BCUT2D eigenvalue weighted by Gasteiger charge is 2.00. The molecular formula is C16H16FN3. The van der Waals surface area contributed by atoms with Gasteiger partial charge in [0.25, 0.3) is 0 Å². The third kappa shape index (κ3) is 3.51. The molecule has 2 aromatic rings. The van der Waals surface area contributed by atoms with Crippen molar-refractivity contribution in [3.63, 3.8) is 0 Å². The lowest BCUT2D eigenvalue weighted by atomic mass is 10.2. The Morgan fingerprint density at radius 1 is 1.25 bits per heavy atom. The van der Waals surface area contributed by atoms with Crippen LogP contribution in [0, 0.1) is 0 Å². The summed E-state index contributed by atoms with van der Waals surface area (Å²) in [6.07, 6.45) is 4.65. The third-order valence-corrected chi connectivity index (χ3v) is 2.76. The molecule has 102 valence electrons. The highest BCUT2D eigenvalue weighted by atomic mass is 19.1. The van der Waals surface area contributed by atoms with E-state index in [2.05, 4.69) is 28.4 Å². The molecule has 2 rings (SSSR count). The Morgan fingerprint density at radius 2 is 1.95 bits per heavy atom. The highest BCUT2D eigenvalue weighted by Crippen LogP contribution is 2.12. The van der Waals surface area contributed by atoms with Crippen LogP contribution < -0.4 is 5.32 Å². The van der Waals surface area contributed by atoms with Gasteiger partial charge in [0.05, 0.1) is 11.0 Å². The fourth-order valence-electron chi connectivity index (χ4n) is 1.66. The molecule has 0 fully saturated rings. The van der Waals surface area contributed by atoms with Gasteiger partial charge in [-0.15, -0.1) is 0 Å². The van der Waals surface area contributed by atoms with E-state index in [0.717, 1.165) is 16.6 Å². The van der Waals surface area contributed by atoms with Crippen molar-refractivity contribution in [1.82, 2.24) is 15.3 Å². The number of nitrogens with zero attached hydrogens (tertiary/aromatic N) is 2. The number of hydrogen-bond acceptors (Lipinski definition) is 3. The predicted octanol–water partition coefficient (Wildman–Crippen LogP) is 3.66. The van der Waals surface area contributed by atoms with Crippen LogP contribution in [0.15, 0.2) is 66.9 Å². The number of halogens is 1. The van der Waals surface area contributed by atoms with Crippen LogP contribution in [0.3, 0.4) is 0 Å². The Bertz CT molecular complexity index is 689. The molecule has 0 saturated carbocycles. The lowest BCUT2D eigenvalue weighted by Gasteiger charge is -2.07. The van der Waals surface area contributed by atoms with Crippen molar-refractivity contribution in [3.8, 4) is 0 Å². The van der Waals surface area contributed by atoms with E-state index in [1.54, 1.807) is 19.3 Å². The molecule has 3 nitrogen and oxygen atoms in total. The molecule has 0 bridgehead atoms. The summed E-state index contributed by atoms with van der Waals surface area (Å²) < 4.78 is 13.4. The lowest BCUT2D eigenvalue weighted by molar-refractivity contribution is 0.648. The van der Waals surface area contributed by atoms with E-state index in [0.29, 0.717) is 17.8 Å². The maximum Gasteiger partial charge on any atom is 0.127 e. The standard InChI is InChI=1S/C16H16FN3/c1-11(2)14(17)8-12(3)20-10-13-4-5-15-16(9-13)19-7-6-18-15/h4-9,20H,1,3,10H2,2H3. The second-order valence-corrected chi connectivity index (χ2v) is 4.53. The van der Waals surface area contributed by atoms with Crippen LogP contribution in [0.25, 0.3) is 11.0 Å². The van der Waals surface area contributed by atoms with E-state index in [4.69, 9.17) is 0 Å². The number of allylic oxidation sites excluding steroid dienone is 3. The van der Waals surface area contributed by atoms with Gasteiger partial charge in [0.2, 0.25) is 0 Å². The molecule has 0 unspecified atom stereocenters. The molecule has 20 heavy (non-hydrogen) atoms. The van der Waals surface area contributed by atoms with Gasteiger partial charge >= 0.3 is 0 Å². The number of fused-ring (bicyclic) bond motifs is 1. The Hall–Kier alpha value is -2.49. The van der Waals surface area contributed by atoms with Gasteiger partial charge in [-0.2, -0.15) is 0 Å². The van der Waals surface area contributed by atoms with Crippen LogP contribution in [-0.4, -0.2) is 9.97 Å². The molecule has 1 aromatic carbocycles. The zero-order chi connectivity index (χ0) is 14.5. The largest absolute Gasteiger partial charge is 0.381 e. The molecule has 0 spiro atoms. The monoisotopic (exact) mass is 269 g/mol. The Morgan fingerprint density at radius 3 is 2.65 bits per heavy atom. The van der Waals surface area contributed by atoms with E-state index in [-0.39, 0.29) is 5.83 Å². The molecule has 1 aromatic heterocycles. The van der Waals surface area contributed by atoms with Crippen molar-refractivity contribution in [3.05, 3.63) is 72.5 Å². The number of nitrogens with one attached hydrogen (secondary N) is 1. The molecule has 0 amide bonds. The van der Waals surface area contributed by atoms with E-state index < -0.39 is 0 Å². The SMILES string of the molecule is C=C(C=C(F)C(=C)C)NCc1ccc2nccnc2c1. The van der Waals surface area contributed by atoms with Crippen molar-refractivity contribution in [2.45, 2.75) is 13.5 Å². The van der Waals surface area contributed by atoms with Gasteiger partial charge in [0.15, 0.2) is 0 Å². The summed E-state index contributed by atoms with van der Waals surface area (Å²) >= 11 is 0. The Labute approximate surface area is 117 Å². The summed E-state index contributed by atoms with van der Waals surface area (Å²) in [4.78, 5) is 8.45. The van der Waals surface area contributed by atoms with Gasteiger partial charge in [-0.25, -0.2) is 4.39 Å². The Balaban J connectivity index is 2.04. The minimum absolute atomic E-state index is 0.369. The fraction of sp³-hybridized carbons (Fsp3) is 0.125. The first-order chi connectivity index (χ1) is 9.56. The summed E-state index contributed by atoms with van der Waals surface area (Å²) in [6.45, 7) is 9.45. The van der Waals surface area contributed by atoms with Gasteiger partial charge in [-0.05, 0) is 36.3 Å². The smallest absolute Gasteiger partial charge is 0.127 e. The molecule has 0 aliphatic heterocycles. The van der Waals surface area contributed by atoms with Crippen molar-refractivity contribution in [1.29, 1.82) is 0 Å². The molecule has 0 atom stereocenters. The zero-order valence-electron chi connectivity index (χ0n) is 11.4. The summed E-state index contributed by atoms with van der Waals surface area (Å²) in [6, 6.07) is 5.81. The molecule has 0 aliphatic carbocycles. The minimum Gasteiger partial charge on any atom is -0.381 e. The first-order valence-corrected chi connectivity index (χ1v) is 6.22. The third-order valence-electron chi connectivity index (χ3n) is 2.76. The van der Waals surface area contributed by atoms with Crippen molar-refractivity contribution < 1.29 is 4.39 Å². The Kier molecular flexibility index (Phi) is 4.25. The summed E-state index contributed by atoms with van der Waals surface area (Å²) in [5, 5.41) is 3.05. The van der Waals surface area contributed by atoms with Crippen LogP contribution in [0.5, 0.6) is 0 Å². The first-order valence-electron chi connectivity index (χ1n) is 6.22. The van der Waals surface area contributed by atoms with E-state index >= 15 is 0 Å². The van der Waals surface area contributed by atoms with Crippen LogP contribution in [-0.2, 0) is 6.54 Å². The second-order valence-electron chi connectivity index (χ2n) is 4.53. The van der Waals surface area contributed by atoms with Crippen LogP contribution >= 0.6 is 0 Å². The molecule has 4 heteroatoms. The summed E-state index contributed by atoms with van der Waals surface area (Å²) in [5.74, 6) is -0.369. The van der Waals surface area contributed by atoms with Crippen LogP contribution in [0.2, 0.25) is 0 Å². The summed E-state index contributed by atoms with van der Waals surface area (Å²) in [7, 11) is 0. The average molecular weight is 269 g/mol. The minimum atomic E-state index is -0.369. The van der Waals surface area contributed by atoms with Gasteiger partial charge in [-0.3, -0.25) is 9.97 Å². The van der Waals surface area contributed by atoms with E-state index in [9.17, 15) is 4.39 Å². The van der Waals surface area contributed by atoms with Gasteiger partial charge < -0.3 is 5.32 Å². The topological polar surface area (TPSA) is 37.8 Å². The lowest BCUT2D eigenvalue weighted by Crippen LogP contribution is -2.10. The molecule has 0 saturated heterocycles.